The minimum absolute atomic E-state index is 0.0236. The molecule has 0 unspecified atom stereocenters. The number of nitrogens with two attached hydrogens (primary N) is 1. The fourth-order valence-corrected chi connectivity index (χ4v) is 2.44. The lowest BCUT2D eigenvalue weighted by molar-refractivity contribution is -0.118. The molecule has 8 heteroatoms. The van der Waals surface area contributed by atoms with E-state index in [2.05, 4.69) is 10.6 Å². The summed E-state index contributed by atoms with van der Waals surface area (Å²) in [6, 6.07) is 7.70. The second kappa shape index (κ2) is 9.61. The molecular formula is C21H25N3O5. The number of phenols is 3. The van der Waals surface area contributed by atoms with Gasteiger partial charge in [-0.3, -0.25) is 9.59 Å². The molecule has 2 atom stereocenters. The maximum absolute atomic E-state index is 12.2. The Morgan fingerprint density at radius 1 is 1.03 bits per heavy atom. The number of carbonyl (C=O) groups excluding carboxylic acids is 2. The van der Waals surface area contributed by atoms with Crippen LogP contribution in [0.15, 0.2) is 42.5 Å². The van der Waals surface area contributed by atoms with Gasteiger partial charge in [-0.25, -0.2) is 0 Å². The van der Waals surface area contributed by atoms with Crippen molar-refractivity contribution in [2.45, 2.75) is 26.3 Å². The molecule has 0 radical (unpaired) electrons. The molecule has 29 heavy (non-hydrogen) atoms. The van der Waals surface area contributed by atoms with Gasteiger partial charge in [-0.1, -0.05) is 26.3 Å². The van der Waals surface area contributed by atoms with E-state index in [0.717, 1.165) is 6.42 Å². The predicted molar refractivity (Wildman–Crippen MR) is 112 cm³/mol. The summed E-state index contributed by atoms with van der Waals surface area (Å²) in [5.41, 5.74) is 6.92. The van der Waals surface area contributed by atoms with Gasteiger partial charge in [-0.15, -0.1) is 0 Å². The van der Waals surface area contributed by atoms with E-state index >= 15 is 0 Å². The molecule has 0 aromatic heterocycles. The van der Waals surface area contributed by atoms with Crippen LogP contribution in [0.3, 0.4) is 0 Å². The molecule has 2 aromatic carbocycles. The largest absolute Gasteiger partial charge is 0.506 e. The van der Waals surface area contributed by atoms with Crippen LogP contribution in [-0.2, 0) is 9.59 Å². The highest BCUT2D eigenvalue weighted by molar-refractivity contribution is 6.03. The first kappa shape index (κ1) is 21.8. The summed E-state index contributed by atoms with van der Waals surface area (Å²) < 4.78 is 0. The average Bonchev–Trinajstić information content (AvgIpc) is 2.70. The number of benzene rings is 2. The third-order valence-corrected chi connectivity index (χ3v) is 4.51. The van der Waals surface area contributed by atoms with Crippen molar-refractivity contribution >= 4 is 29.3 Å². The molecule has 0 fully saturated rings. The molecule has 0 aliphatic heterocycles. The van der Waals surface area contributed by atoms with Crippen molar-refractivity contribution in [3.8, 4) is 17.2 Å². The van der Waals surface area contributed by atoms with E-state index < -0.39 is 17.9 Å². The Bertz CT molecular complexity index is 927. The Morgan fingerprint density at radius 2 is 1.72 bits per heavy atom. The van der Waals surface area contributed by atoms with Gasteiger partial charge >= 0.3 is 0 Å². The first-order valence-electron chi connectivity index (χ1n) is 9.11. The minimum Gasteiger partial charge on any atom is -0.506 e. The lowest BCUT2D eigenvalue weighted by atomic mass is 9.99. The van der Waals surface area contributed by atoms with Crippen LogP contribution in [0.2, 0.25) is 0 Å². The summed E-state index contributed by atoms with van der Waals surface area (Å²) in [7, 11) is 0. The zero-order chi connectivity index (χ0) is 21.6. The molecule has 0 bridgehead atoms. The van der Waals surface area contributed by atoms with Gasteiger partial charge in [0.05, 0.1) is 11.7 Å². The molecule has 2 aromatic rings. The van der Waals surface area contributed by atoms with Gasteiger partial charge in [0.25, 0.3) is 0 Å². The van der Waals surface area contributed by atoms with Gasteiger partial charge in [0.1, 0.15) is 5.75 Å². The number of hydrogen-bond acceptors (Lipinski definition) is 6. The smallest absolute Gasteiger partial charge is 0.248 e. The molecule has 0 aliphatic carbocycles. The average molecular weight is 399 g/mol. The van der Waals surface area contributed by atoms with Crippen molar-refractivity contribution in [1.29, 1.82) is 0 Å². The van der Waals surface area contributed by atoms with Crippen molar-refractivity contribution in [3.05, 3.63) is 48.0 Å². The molecule has 0 spiro atoms. The molecule has 8 nitrogen and oxygen atoms in total. The Morgan fingerprint density at radius 3 is 2.38 bits per heavy atom. The Kier molecular flexibility index (Phi) is 7.21. The van der Waals surface area contributed by atoms with Crippen LogP contribution in [0.1, 0.15) is 25.8 Å². The fourth-order valence-electron chi connectivity index (χ4n) is 2.44. The number of hydrogen-bond donors (Lipinski definition) is 6. The van der Waals surface area contributed by atoms with Crippen LogP contribution < -0.4 is 16.4 Å². The van der Waals surface area contributed by atoms with Crippen LogP contribution in [0, 0.1) is 5.92 Å². The second-order valence-electron chi connectivity index (χ2n) is 6.70. The number of rotatable bonds is 7. The fraction of sp³-hybridized carbons (Fsp3) is 0.238. The molecule has 2 rings (SSSR count). The molecule has 7 N–H and O–H groups in total. The van der Waals surface area contributed by atoms with Crippen LogP contribution >= 0.6 is 0 Å². The molecule has 154 valence electrons. The maximum Gasteiger partial charge on any atom is 0.248 e. The number of nitrogens with one attached hydrogen (secondary N) is 2. The third kappa shape index (κ3) is 5.98. The zero-order valence-electron chi connectivity index (χ0n) is 16.2. The van der Waals surface area contributed by atoms with Crippen molar-refractivity contribution < 1.29 is 24.9 Å². The van der Waals surface area contributed by atoms with E-state index in [1.807, 2.05) is 13.8 Å². The highest BCUT2D eigenvalue weighted by Gasteiger charge is 2.20. The van der Waals surface area contributed by atoms with E-state index in [1.54, 1.807) is 0 Å². The first-order valence-corrected chi connectivity index (χ1v) is 9.11. The minimum atomic E-state index is -0.720. The maximum atomic E-state index is 12.2. The standard InChI is InChI=1S/C21H25N3O5/c1-3-12(2)20(22)21(29)24-15-11-14(6-8-16(15)25)23-19(28)9-5-13-4-7-17(26)18(27)10-13/h4-12,20,25-27H,3,22H2,1-2H3,(H,23,28)(H,24,29)/t12-,20-/m0/s1. The van der Waals surface area contributed by atoms with Crippen LogP contribution in [-0.4, -0.2) is 33.2 Å². The van der Waals surface area contributed by atoms with E-state index in [1.165, 1.54) is 48.6 Å². The van der Waals surface area contributed by atoms with E-state index in [9.17, 15) is 24.9 Å². The highest BCUT2D eigenvalue weighted by atomic mass is 16.3. The SMILES string of the molecule is CC[C@H](C)[C@H](N)C(=O)Nc1cc(NC(=O)C=Cc2ccc(O)c(O)c2)ccc1O. The van der Waals surface area contributed by atoms with E-state index in [0.29, 0.717) is 11.3 Å². The summed E-state index contributed by atoms with van der Waals surface area (Å²) in [5, 5.41) is 33.9. The topological polar surface area (TPSA) is 145 Å². The Labute approximate surface area is 168 Å². The van der Waals surface area contributed by atoms with Gasteiger partial charge < -0.3 is 31.7 Å². The van der Waals surface area contributed by atoms with E-state index in [-0.39, 0.29) is 28.9 Å². The summed E-state index contributed by atoms with van der Waals surface area (Å²) in [4.78, 5) is 24.3. The third-order valence-electron chi connectivity index (χ3n) is 4.51. The van der Waals surface area contributed by atoms with Gasteiger partial charge in [0.2, 0.25) is 11.8 Å². The summed E-state index contributed by atoms with van der Waals surface area (Å²) >= 11 is 0. The monoisotopic (exact) mass is 399 g/mol. The molecule has 0 aliphatic rings. The molecule has 2 amide bonds. The highest BCUT2D eigenvalue weighted by Crippen LogP contribution is 2.28. The summed E-state index contributed by atoms with van der Waals surface area (Å²) in [5.74, 6) is -1.60. The van der Waals surface area contributed by atoms with Crippen molar-refractivity contribution in [2.24, 2.45) is 11.7 Å². The lowest BCUT2D eigenvalue weighted by Gasteiger charge is -2.18. The van der Waals surface area contributed by atoms with Gasteiger partial charge in [0, 0.05) is 11.8 Å². The molecule has 0 heterocycles. The first-order chi connectivity index (χ1) is 13.7. The number of amides is 2. The van der Waals surface area contributed by atoms with Gasteiger partial charge in [0.15, 0.2) is 11.5 Å². The number of aromatic hydroxyl groups is 3. The number of anilines is 2. The second-order valence-corrected chi connectivity index (χ2v) is 6.70. The van der Waals surface area contributed by atoms with Crippen LogP contribution in [0.5, 0.6) is 17.2 Å². The van der Waals surface area contributed by atoms with Crippen LogP contribution in [0.4, 0.5) is 11.4 Å². The number of phenolic OH excluding ortho intramolecular Hbond substituents is 3. The predicted octanol–water partition coefficient (Wildman–Crippen LogP) is 2.77. The molecular weight excluding hydrogens is 374 g/mol. The Balaban J connectivity index is 2.06. The summed E-state index contributed by atoms with van der Waals surface area (Å²) in [6.07, 6.45) is 3.44. The summed E-state index contributed by atoms with van der Waals surface area (Å²) in [6.45, 7) is 3.79. The van der Waals surface area contributed by atoms with E-state index in [4.69, 9.17) is 5.73 Å². The van der Waals surface area contributed by atoms with Crippen molar-refractivity contribution in [1.82, 2.24) is 0 Å². The Hall–Kier alpha value is -3.52. The normalized spacial score (nSPS) is 13.1. The van der Waals surface area contributed by atoms with Gasteiger partial charge in [-0.05, 0) is 47.9 Å². The van der Waals surface area contributed by atoms with Crippen LogP contribution in [0.25, 0.3) is 6.08 Å². The zero-order valence-corrected chi connectivity index (χ0v) is 16.2. The van der Waals surface area contributed by atoms with Gasteiger partial charge in [-0.2, -0.15) is 0 Å². The van der Waals surface area contributed by atoms with Crippen molar-refractivity contribution in [2.75, 3.05) is 10.6 Å². The molecule has 0 saturated carbocycles. The molecule has 0 saturated heterocycles. The quantitative estimate of drug-likeness (QED) is 0.240. The number of carbonyl (C=O) groups is 2. The van der Waals surface area contributed by atoms with Crippen molar-refractivity contribution in [3.63, 3.8) is 0 Å². The lowest BCUT2D eigenvalue weighted by Crippen LogP contribution is -2.40.